The first-order chi connectivity index (χ1) is 19.4. The maximum absolute atomic E-state index is 13.7. The van der Waals surface area contributed by atoms with Crippen molar-refractivity contribution in [1.29, 1.82) is 0 Å². The third kappa shape index (κ3) is 5.28. The van der Waals surface area contributed by atoms with Gasteiger partial charge in [0.05, 0.1) is 10.9 Å². The zero-order valence-electron chi connectivity index (χ0n) is 23.4. The van der Waals surface area contributed by atoms with E-state index in [0.29, 0.717) is 29.0 Å². The number of carbonyl (C=O) groups is 2. The van der Waals surface area contributed by atoms with Gasteiger partial charge < -0.3 is 5.32 Å². The van der Waals surface area contributed by atoms with Crippen LogP contribution in [0.5, 0.6) is 0 Å². The number of aryl methyl sites for hydroxylation is 2. The Kier molecular flexibility index (Phi) is 7.42. The molecule has 1 aliphatic carbocycles. The lowest BCUT2D eigenvalue weighted by atomic mass is 9.91. The minimum atomic E-state index is -0.744. The van der Waals surface area contributed by atoms with E-state index in [1.54, 1.807) is 6.92 Å². The van der Waals surface area contributed by atoms with Crippen molar-refractivity contribution in [3.05, 3.63) is 69.3 Å². The number of anilines is 1. The first kappa shape index (κ1) is 26.7. The molecule has 9 nitrogen and oxygen atoms in total. The molecular formula is C31H38N6O3. The van der Waals surface area contributed by atoms with E-state index in [1.165, 1.54) is 48.0 Å². The number of benzene rings is 2. The number of aromatic nitrogens is 2. The SMILES string of the molecule is Cc1cc(CNc2cccc3nc(C)n(C4CCC(=O)NC4=O)c(=O)c23)ccc1CN1CCN(C2CCC2)CC1. The quantitative estimate of drug-likeness (QED) is 0.442. The predicted molar refractivity (Wildman–Crippen MR) is 155 cm³/mol. The highest BCUT2D eigenvalue weighted by Gasteiger charge is 2.31. The summed E-state index contributed by atoms with van der Waals surface area (Å²) in [5.41, 5.74) is 4.76. The van der Waals surface area contributed by atoms with Gasteiger partial charge in [-0.2, -0.15) is 0 Å². The molecule has 6 rings (SSSR count). The Morgan fingerprint density at radius 2 is 1.80 bits per heavy atom. The summed E-state index contributed by atoms with van der Waals surface area (Å²) >= 11 is 0. The van der Waals surface area contributed by atoms with Crippen LogP contribution >= 0.6 is 0 Å². The lowest BCUT2D eigenvalue weighted by molar-refractivity contribution is -0.135. The molecule has 0 bridgehead atoms. The molecule has 3 fully saturated rings. The molecule has 2 aliphatic heterocycles. The molecule has 3 heterocycles. The summed E-state index contributed by atoms with van der Waals surface area (Å²) in [6.45, 7) is 10.1. The van der Waals surface area contributed by atoms with Crippen LogP contribution in [0.2, 0.25) is 0 Å². The highest BCUT2D eigenvalue weighted by molar-refractivity contribution is 5.99. The Bertz CT molecular complexity index is 1500. The van der Waals surface area contributed by atoms with Crippen molar-refractivity contribution in [2.45, 2.75) is 71.1 Å². The van der Waals surface area contributed by atoms with Crippen molar-refractivity contribution in [2.75, 3.05) is 31.5 Å². The fourth-order valence-corrected chi connectivity index (χ4v) is 6.32. The maximum Gasteiger partial charge on any atom is 0.264 e. The van der Waals surface area contributed by atoms with Crippen molar-refractivity contribution in [3.63, 3.8) is 0 Å². The van der Waals surface area contributed by atoms with E-state index in [4.69, 9.17) is 0 Å². The number of imide groups is 1. The van der Waals surface area contributed by atoms with Crippen LogP contribution in [0.15, 0.2) is 41.2 Å². The summed E-state index contributed by atoms with van der Waals surface area (Å²) < 4.78 is 1.43. The highest BCUT2D eigenvalue weighted by Crippen LogP contribution is 2.27. The number of hydrogen-bond acceptors (Lipinski definition) is 7. The average molecular weight is 543 g/mol. The van der Waals surface area contributed by atoms with Gasteiger partial charge >= 0.3 is 0 Å². The van der Waals surface area contributed by atoms with Gasteiger partial charge in [-0.05, 0) is 61.9 Å². The second-order valence-electron chi connectivity index (χ2n) is 11.5. The summed E-state index contributed by atoms with van der Waals surface area (Å²) in [6.07, 6.45) is 4.63. The van der Waals surface area contributed by atoms with Gasteiger partial charge in [0, 0.05) is 57.4 Å². The van der Waals surface area contributed by atoms with Crippen LogP contribution in [0, 0.1) is 13.8 Å². The minimum Gasteiger partial charge on any atom is -0.380 e. The van der Waals surface area contributed by atoms with E-state index in [2.05, 4.69) is 50.5 Å². The van der Waals surface area contributed by atoms with Crippen LogP contribution in [-0.4, -0.2) is 63.4 Å². The molecule has 9 heteroatoms. The molecule has 1 atom stereocenters. The highest BCUT2D eigenvalue weighted by atomic mass is 16.2. The third-order valence-electron chi connectivity index (χ3n) is 8.91. The van der Waals surface area contributed by atoms with E-state index in [-0.39, 0.29) is 24.3 Å². The van der Waals surface area contributed by atoms with Gasteiger partial charge in [-0.25, -0.2) is 4.98 Å². The molecule has 40 heavy (non-hydrogen) atoms. The van der Waals surface area contributed by atoms with E-state index in [0.717, 1.165) is 31.2 Å². The molecule has 2 amide bonds. The fraction of sp³-hybridized carbons (Fsp3) is 0.484. The number of fused-ring (bicyclic) bond motifs is 1. The van der Waals surface area contributed by atoms with Gasteiger partial charge in [-0.3, -0.25) is 34.1 Å². The first-order valence-electron chi connectivity index (χ1n) is 14.5. The molecule has 2 N–H and O–H groups in total. The summed E-state index contributed by atoms with van der Waals surface area (Å²) in [7, 11) is 0. The van der Waals surface area contributed by atoms with Crippen LogP contribution in [0.3, 0.4) is 0 Å². The first-order valence-corrected chi connectivity index (χ1v) is 14.5. The van der Waals surface area contributed by atoms with E-state index in [9.17, 15) is 14.4 Å². The minimum absolute atomic E-state index is 0.201. The average Bonchev–Trinajstić information content (AvgIpc) is 2.90. The Labute approximate surface area is 234 Å². The molecule has 0 radical (unpaired) electrons. The fourth-order valence-electron chi connectivity index (χ4n) is 6.32. The molecule has 2 aromatic carbocycles. The zero-order chi connectivity index (χ0) is 27.8. The zero-order valence-corrected chi connectivity index (χ0v) is 23.4. The number of piperazine rings is 1. The van der Waals surface area contributed by atoms with Crippen molar-refractivity contribution < 1.29 is 9.59 Å². The Hall–Kier alpha value is -3.56. The topological polar surface area (TPSA) is 99.6 Å². The van der Waals surface area contributed by atoms with Crippen molar-refractivity contribution in [1.82, 2.24) is 24.7 Å². The largest absolute Gasteiger partial charge is 0.380 e. The number of nitrogens with zero attached hydrogens (tertiary/aromatic N) is 4. The summed E-state index contributed by atoms with van der Waals surface area (Å²) in [6, 6.07) is 12.3. The van der Waals surface area contributed by atoms with Gasteiger partial charge in [0.15, 0.2) is 0 Å². The normalized spacial score (nSPS) is 20.9. The molecule has 2 saturated heterocycles. The number of rotatable bonds is 7. The number of hydrogen-bond donors (Lipinski definition) is 2. The standard InChI is InChI=1S/C31H38N6O3/c1-20-17-22(9-10-23(20)19-35-13-15-36(16-14-35)24-5-3-6-24)18-32-25-7-4-8-26-29(25)31(40)37(21(2)33-26)27-11-12-28(38)34-30(27)39/h4,7-10,17,24,27,32H,3,5-6,11-16,18-19H2,1-2H3,(H,34,38,39). The van der Waals surface area contributed by atoms with Gasteiger partial charge in [-0.15, -0.1) is 0 Å². The molecule has 3 aromatic rings. The van der Waals surface area contributed by atoms with Crippen molar-refractivity contribution in [3.8, 4) is 0 Å². The van der Waals surface area contributed by atoms with Crippen LogP contribution in [-0.2, 0) is 22.7 Å². The van der Waals surface area contributed by atoms with Crippen molar-refractivity contribution in [2.24, 2.45) is 0 Å². The van der Waals surface area contributed by atoms with Gasteiger partial charge in [0.2, 0.25) is 11.8 Å². The Balaban J connectivity index is 1.16. The van der Waals surface area contributed by atoms with Gasteiger partial charge in [0.25, 0.3) is 5.56 Å². The van der Waals surface area contributed by atoms with Crippen LogP contribution in [0.25, 0.3) is 10.9 Å². The maximum atomic E-state index is 13.7. The lowest BCUT2D eigenvalue weighted by Crippen LogP contribution is -2.51. The second kappa shape index (κ2) is 11.1. The number of nitrogens with one attached hydrogen (secondary N) is 2. The number of amides is 2. The second-order valence-corrected chi connectivity index (χ2v) is 11.5. The molecule has 1 saturated carbocycles. The number of carbonyl (C=O) groups excluding carboxylic acids is 2. The number of piperidine rings is 1. The molecule has 210 valence electrons. The molecule has 1 aromatic heterocycles. The summed E-state index contributed by atoms with van der Waals surface area (Å²) in [5.74, 6) is -0.306. The van der Waals surface area contributed by atoms with Gasteiger partial charge in [0.1, 0.15) is 11.9 Å². The lowest BCUT2D eigenvalue weighted by Gasteiger charge is -2.43. The monoisotopic (exact) mass is 542 g/mol. The molecule has 3 aliphatic rings. The van der Waals surface area contributed by atoms with Crippen LogP contribution in [0.1, 0.15) is 60.7 Å². The molecular weight excluding hydrogens is 504 g/mol. The van der Waals surface area contributed by atoms with Crippen LogP contribution < -0.4 is 16.2 Å². The predicted octanol–water partition coefficient (Wildman–Crippen LogP) is 3.27. The van der Waals surface area contributed by atoms with Crippen LogP contribution in [0.4, 0.5) is 5.69 Å². The van der Waals surface area contributed by atoms with Crippen molar-refractivity contribution >= 4 is 28.4 Å². The van der Waals surface area contributed by atoms with E-state index >= 15 is 0 Å². The Morgan fingerprint density at radius 1 is 1.00 bits per heavy atom. The Morgan fingerprint density at radius 3 is 2.50 bits per heavy atom. The van der Waals surface area contributed by atoms with E-state index in [1.807, 2.05) is 18.2 Å². The smallest absolute Gasteiger partial charge is 0.264 e. The van der Waals surface area contributed by atoms with E-state index < -0.39 is 11.9 Å². The molecule has 1 unspecified atom stereocenters. The summed E-state index contributed by atoms with van der Waals surface area (Å²) in [4.78, 5) is 47.7. The third-order valence-corrected chi connectivity index (χ3v) is 8.91. The van der Waals surface area contributed by atoms with Gasteiger partial charge in [-0.1, -0.05) is 30.7 Å². The summed E-state index contributed by atoms with van der Waals surface area (Å²) in [5, 5.41) is 6.25. The molecule has 0 spiro atoms.